The summed E-state index contributed by atoms with van der Waals surface area (Å²) in [4.78, 5) is 13.2. The summed E-state index contributed by atoms with van der Waals surface area (Å²) in [5, 5.41) is 14.5. The molecule has 1 aromatic carbocycles. The third-order valence-electron chi connectivity index (χ3n) is 4.50. The summed E-state index contributed by atoms with van der Waals surface area (Å²) in [6.45, 7) is 2.59. The molecule has 2 aliphatic rings. The summed E-state index contributed by atoms with van der Waals surface area (Å²) in [5.74, 6) is 0.164. The molecule has 1 fully saturated rings. The standard InChI is InChI=1S/C19H19NO3S2.ClH/c21-17(22)11-25-14-1-2-16-15(9-14)18(12-3-6-20-7-4-12)19-13(10-23-16)5-8-24-19;/h1-2,5,8-9,20H,3-4,6-7,10-11H2,(H,21,22);1H. The minimum Gasteiger partial charge on any atom is -0.488 e. The number of thioether (sulfide) groups is 1. The van der Waals surface area contributed by atoms with E-state index in [1.54, 1.807) is 11.3 Å². The summed E-state index contributed by atoms with van der Waals surface area (Å²) in [5.41, 5.74) is 5.11. The van der Waals surface area contributed by atoms with E-state index in [0.29, 0.717) is 6.61 Å². The zero-order valence-electron chi connectivity index (χ0n) is 14.1. The third-order valence-corrected chi connectivity index (χ3v) is 6.45. The maximum atomic E-state index is 10.9. The number of carboxylic acid groups (broad SMARTS) is 1. The van der Waals surface area contributed by atoms with Crippen LogP contribution in [0.5, 0.6) is 5.75 Å². The van der Waals surface area contributed by atoms with E-state index in [0.717, 1.165) is 42.1 Å². The number of hydrogen-bond acceptors (Lipinski definition) is 5. The molecule has 1 saturated heterocycles. The van der Waals surface area contributed by atoms with Crippen LogP contribution in [0, 0.1) is 0 Å². The monoisotopic (exact) mass is 409 g/mol. The van der Waals surface area contributed by atoms with Crippen LogP contribution in [-0.2, 0) is 11.4 Å². The number of hydrogen-bond donors (Lipinski definition) is 2. The molecule has 26 heavy (non-hydrogen) atoms. The molecule has 3 heterocycles. The van der Waals surface area contributed by atoms with Gasteiger partial charge in [-0.2, -0.15) is 0 Å². The van der Waals surface area contributed by atoms with E-state index in [4.69, 9.17) is 9.84 Å². The van der Waals surface area contributed by atoms with E-state index in [-0.39, 0.29) is 18.2 Å². The summed E-state index contributed by atoms with van der Waals surface area (Å²) < 4.78 is 6.07. The number of carbonyl (C=O) groups is 1. The van der Waals surface area contributed by atoms with Crippen molar-refractivity contribution >= 4 is 47.0 Å². The van der Waals surface area contributed by atoms with Crippen LogP contribution >= 0.6 is 35.5 Å². The zero-order valence-corrected chi connectivity index (χ0v) is 16.6. The Balaban J connectivity index is 0.00000196. The Labute approximate surface area is 167 Å². The topological polar surface area (TPSA) is 58.6 Å². The van der Waals surface area contributed by atoms with Crippen LogP contribution in [0.15, 0.2) is 40.1 Å². The van der Waals surface area contributed by atoms with Crippen molar-refractivity contribution in [1.29, 1.82) is 0 Å². The first kappa shape index (κ1) is 19.3. The van der Waals surface area contributed by atoms with Gasteiger partial charge in [0, 0.05) is 26.5 Å². The second-order valence-electron chi connectivity index (χ2n) is 6.13. The first-order chi connectivity index (χ1) is 12.2. The molecule has 2 N–H and O–H groups in total. The highest BCUT2D eigenvalue weighted by atomic mass is 35.5. The van der Waals surface area contributed by atoms with Crippen molar-refractivity contribution < 1.29 is 14.6 Å². The number of carboxylic acids is 1. The fourth-order valence-electron chi connectivity index (χ4n) is 3.34. The van der Waals surface area contributed by atoms with Gasteiger partial charge in [0.25, 0.3) is 0 Å². The molecular formula is C19H20ClNO3S2. The largest absolute Gasteiger partial charge is 0.488 e. The van der Waals surface area contributed by atoms with Gasteiger partial charge in [-0.25, -0.2) is 0 Å². The van der Waals surface area contributed by atoms with Crippen LogP contribution in [-0.4, -0.2) is 29.9 Å². The van der Waals surface area contributed by atoms with Crippen LogP contribution in [0.25, 0.3) is 5.57 Å². The SMILES string of the molecule is Cl.O=C(O)CSc1ccc2c(c1)C(=C1CCNCC1)c1sccc1CO2. The maximum Gasteiger partial charge on any atom is 0.313 e. The molecule has 0 bridgehead atoms. The molecule has 2 aromatic rings. The minimum atomic E-state index is -0.798. The van der Waals surface area contributed by atoms with Crippen molar-refractivity contribution in [2.75, 3.05) is 18.8 Å². The summed E-state index contributed by atoms with van der Waals surface area (Å²) in [6, 6.07) is 8.18. The number of fused-ring (bicyclic) bond motifs is 2. The van der Waals surface area contributed by atoms with E-state index < -0.39 is 5.97 Å². The molecule has 0 aliphatic carbocycles. The first-order valence-corrected chi connectivity index (χ1v) is 10.2. The molecule has 0 spiro atoms. The lowest BCUT2D eigenvalue weighted by Crippen LogP contribution is -2.23. The lowest BCUT2D eigenvalue weighted by atomic mass is 9.91. The molecule has 7 heteroatoms. The van der Waals surface area contributed by atoms with Gasteiger partial charge in [-0.15, -0.1) is 35.5 Å². The van der Waals surface area contributed by atoms with Gasteiger partial charge < -0.3 is 15.2 Å². The predicted octanol–water partition coefficient (Wildman–Crippen LogP) is 4.42. The molecule has 2 aliphatic heterocycles. The van der Waals surface area contributed by atoms with Crippen LogP contribution in [0.1, 0.15) is 28.8 Å². The Bertz CT molecular complexity index is 839. The smallest absolute Gasteiger partial charge is 0.313 e. The Morgan fingerprint density at radius 2 is 2.08 bits per heavy atom. The predicted molar refractivity (Wildman–Crippen MR) is 109 cm³/mol. The van der Waals surface area contributed by atoms with Gasteiger partial charge >= 0.3 is 5.97 Å². The Hall–Kier alpha value is -1.47. The van der Waals surface area contributed by atoms with Crippen molar-refractivity contribution in [2.24, 2.45) is 0 Å². The summed E-state index contributed by atoms with van der Waals surface area (Å²) >= 11 is 3.12. The average Bonchev–Trinajstić information content (AvgIpc) is 3.02. The van der Waals surface area contributed by atoms with Crippen molar-refractivity contribution in [3.63, 3.8) is 0 Å². The Morgan fingerprint density at radius 3 is 2.85 bits per heavy atom. The Morgan fingerprint density at radius 1 is 1.27 bits per heavy atom. The van der Waals surface area contributed by atoms with Gasteiger partial charge in [-0.3, -0.25) is 4.79 Å². The molecular weight excluding hydrogens is 390 g/mol. The molecule has 4 rings (SSSR count). The highest BCUT2D eigenvalue weighted by Gasteiger charge is 2.24. The van der Waals surface area contributed by atoms with Gasteiger partial charge in [-0.1, -0.05) is 5.57 Å². The fourth-order valence-corrected chi connectivity index (χ4v) is 5.02. The van der Waals surface area contributed by atoms with Crippen LogP contribution < -0.4 is 10.1 Å². The lowest BCUT2D eigenvalue weighted by Gasteiger charge is -2.21. The number of benzene rings is 1. The van der Waals surface area contributed by atoms with Crippen LogP contribution in [0.3, 0.4) is 0 Å². The highest BCUT2D eigenvalue weighted by Crippen LogP contribution is 2.43. The normalized spacial score (nSPS) is 16.0. The number of nitrogens with one attached hydrogen (secondary N) is 1. The number of thiophene rings is 1. The fraction of sp³-hybridized carbons (Fsp3) is 0.316. The minimum absolute atomic E-state index is 0. The van der Waals surface area contributed by atoms with Crippen molar-refractivity contribution in [1.82, 2.24) is 5.32 Å². The van der Waals surface area contributed by atoms with Crippen LogP contribution in [0.4, 0.5) is 0 Å². The van der Waals surface area contributed by atoms with Crippen molar-refractivity contribution in [2.45, 2.75) is 24.3 Å². The van der Waals surface area contributed by atoms with Crippen molar-refractivity contribution in [3.8, 4) is 5.75 Å². The van der Waals surface area contributed by atoms with E-state index in [2.05, 4.69) is 22.8 Å². The molecule has 0 amide bonds. The summed E-state index contributed by atoms with van der Waals surface area (Å²) in [6.07, 6.45) is 2.08. The quantitative estimate of drug-likeness (QED) is 0.734. The van der Waals surface area contributed by atoms with Gasteiger partial charge in [0.05, 0.1) is 5.75 Å². The van der Waals surface area contributed by atoms with E-state index >= 15 is 0 Å². The average molecular weight is 410 g/mol. The second kappa shape index (κ2) is 8.48. The second-order valence-corrected chi connectivity index (χ2v) is 8.10. The number of ether oxygens (including phenoxy) is 1. The number of piperidine rings is 1. The molecule has 1 aromatic heterocycles. The molecule has 0 atom stereocenters. The van der Waals surface area contributed by atoms with Crippen molar-refractivity contribution in [3.05, 3.63) is 51.2 Å². The maximum absolute atomic E-state index is 10.9. The lowest BCUT2D eigenvalue weighted by molar-refractivity contribution is -0.133. The van der Waals surface area contributed by atoms with Crippen LogP contribution in [0.2, 0.25) is 0 Å². The van der Waals surface area contributed by atoms with Gasteiger partial charge in [0.15, 0.2) is 0 Å². The van der Waals surface area contributed by atoms with Gasteiger partial charge in [0.2, 0.25) is 0 Å². The summed E-state index contributed by atoms with van der Waals surface area (Å²) in [7, 11) is 0. The third kappa shape index (κ3) is 3.93. The molecule has 4 nitrogen and oxygen atoms in total. The molecule has 138 valence electrons. The molecule has 0 unspecified atom stereocenters. The number of rotatable bonds is 3. The zero-order chi connectivity index (χ0) is 17.2. The first-order valence-electron chi connectivity index (χ1n) is 8.33. The molecule has 0 radical (unpaired) electrons. The number of aliphatic carboxylic acids is 1. The van der Waals surface area contributed by atoms with Gasteiger partial charge in [-0.05, 0) is 55.6 Å². The van der Waals surface area contributed by atoms with Gasteiger partial charge in [0.1, 0.15) is 12.4 Å². The van der Waals surface area contributed by atoms with E-state index in [9.17, 15) is 4.79 Å². The van der Waals surface area contributed by atoms with E-state index in [1.807, 2.05) is 12.1 Å². The number of halogens is 1. The molecule has 0 saturated carbocycles. The van der Waals surface area contributed by atoms with E-state index in [1.165, 1.54) is 33.3 Å². The Kier molecular flexibility index (Phi) is 6.29. The highest BCUT2D eigenvalue weighted by molar-refractivity contribution is 8.00.